The maximum Gasteiger partial charge on any atom is 0.250 e. The molecule has 0 saturated heterocycles. The zero-order valence-corrected chi connectivity index (χ0v) is 13.0. The van der Waals surface area contributed by atoms with E-state index in [4.69, 9.17) is 11.5 Å². The summed E-state index contributed by atoms with van der Waals surface area (Å²) in [4.78, 5) is 24.7. The Kier molecular flexibility index (Phi) is 2.36. The first-order chi connectivity index (χ1) is 12.0. The first-order valence-corrected chi connectivity index (χ1v) is 7.77. The lowest BCUT2D eigenvalue weighted by molar-refractivity contribution is 0.0999. The topological polar surface area (TPSA) is 106 Å². The Hall–Kier alpha value is -3.60. The number of hydrogen-bond acceptors (Lipinski definition) is 3. The SMILES string of the molecule is NC(=O)c1c2c(C(N)=O)c3c4ccc(cc4)c3c1-c1ccc-2cc1O. The van der Waals surface area contributed by atoms with Crippen LogP contribution in [0, 0.1) is 0 Å². The number of primary amides is 2. The lowest BCUT2D eigenvalue weighted by atomic mass is 9.83. The van der Waals surface area contributed by atoms with Gasteiger partial charge in [0, 0.05) is 22.1 Å². The fourth-order valence-corrected chi connectivity index (χ4v) is 4.08. The highest BCUT2D eigenvalue weighted by Gasteiger charge is 2.32. The summed E-state index contributed by atoms with van der Waals surface area (Å²) in [7, 11) is 0. The van der Waals surface area contributed by atoms with Crippen molar-refractivity contribution in [2.75, 3.05) is 0 Å². The largest absolute Gasteiger partial charge is 0.507 e. The molecule has 0 heterocycles. The number of nitrogens with two attached hydrogens (primary N) is 2. The van der Waals surface area contributed by atoms with Gasteiger partial charge in [-0.3, -0.25) is 9.59 Å². The summed E-state index contributed by atoms with van der Waals surface area (Å²) in [5, 5.41) is 13.6. The highest BCUT2D eigenvalue weighted by molar-refractivity contribution is 6.31. The van der Waals surface area contributed by atoms with Gasteiger partial charge in [0.15, 0.2) is 0 Å². The quantitative estimate of drug-likeness (QED) is 0.464. The first-order valence-electron chi connectivity index (χ1n) is 7.77. The van der Waals surface area contributed by atoms with Crippen LogP contribution in [-0.4, -0.2) is 16.9 Å². The number of phenolic OH excluding ortho intramolecular Hbond substituents is 1. The van der Waals surface area contributed by atoms with E-state index in [1.807, 2.05) is 24.3 Å². The molecule has 120 valence electrons. The van der Waals surface area contributed by atoms with Crippen LogP contribution in [0.1, 0.15) is 20.7 Å². The molecule has 0 aliphatic heterocycles. The molecule has 0 saturated carbocycles. The second kappa shape index (κ2) is 4.27. The van der Waals surface area contributed by atoms with Crippen molar-refractivity contribution in [3.05, 3.63) is 53.6 Å². The number of hydrogen-bond donors (Lipinski definition) is 3. The summed E-state index contributed by atoms with van der Waals surface area (Å²) < 4.78 is 0. The van der Waals surface area contributed by atoms with E-state index in [1.54, 1.807) is 18.2 Å². The van der Waals surface area contributed by atoms with Crippen molar-refractivity contribution in [1.29, 1.82) is 0 Å². The van der Waals surface area contributed by atoms with Crippen LogP contribution in [0.5, 0.6) is 5.75 Å². The Bertz CT molecular complexity index is 1240. The minimum absolute atomic E-state index is 0.0406. The Morgan fingerprint density at radius 1 is 0.760 bits per heavy atom. The van der Waals surface area contributed by atoms with E-state index in [-0.39, 0.29) is 16.9 Å². The molecule has 0 radical (unpaired) electrons. The molecule has 5 aromatic carbocycles. The molecule has 5 N–H and O–H groups in total. The zero-order chi connectivity index (χ0) is 17.5. The summed E-state index contributed by atoms with van der Waals surface area (Å²) in [6, 6.07) is 12.7. The van der Waals surface area contributed by atoms with Crippen molar-refractivity contribution < 1.29 is 14.7 Å². The molecule has 0 atom stereocenters. The lowest BCUT2D eigenvalue weighted by Gasteiger charge is -2.19. The number of rotatable bonds is 2. The van der Waals surface area contributed by atoms with Crippen LogP contribution in [0.25, 0.3) is 43.8 Å². The van der Waals surface area contributed by atoms with Crippen molar-refractivity contribution in [1.82, 2.24) is 0 Å². The second-order valence-electron chi connectivity index (χ2n) is 6.29. The molecule has 5 aromatic rings. The molecule has 25 heavy (non-hydrogen) atoms. The predicted octanol–water partition coefficient (Wildman–Crippen LogP) is 2.98. The molecule has 2 aliphatic rings. The molecule has 0 spiro atoms. The van der Waals surface area contributed by atoms with E-state index in [9.17, 15) is 14.7 Å². The summed E-state index contributed by atoms with van der Waals surface area (Å²) >= 11 is 0. The molecular formula is C20H12N2O3. The van der Waals surface area contributed by atoms with Crippen molar-refractivity contribution in [2.45, 2.75) is 0 Å². The van der Waals surface area contributed by atoms with Crippen LogP contribution in [0.15, 0.2) is 42.5 Å². The smallest absolute Gasteiger partial charge is 0.250 e. The minimum Gasteiger partial charge on any atom is -0.507 e. The molecule has 6 bridgehead atoms. The van der Waals surface area contributed by atoms with E-state index in [1.165, 1.54) is 0 Å². The Labute approximate surface area is 141 Å². The molecule has 0 fully saturated rings. The maximum atomic E-state index is 12.4. The summed E-state index contributed by atoms with van der Waals surface area (Å²) in [6.45, 7) is 0. The third kappa shape index (κ3) is 1.52. The maximum absolute atomic E-state index is 12.4. The summed E-state index contributed by atoms with van der Waals surface area (Å²) in [5.41, 5.74) is 13.9. The lowest BCUT2D eigenvalue weighted by Crippen LogP contribution is -2.19. The highest BCUT2D eigenvalue weighted by Crippen LogP contribution is 2.51. The van der Waals surface area contributed by atoms with Gasteiger partial charge in [-0.1, -0.05) is 30.3 Å². The van der Waals surface area contributed by atoms with E-state index >= 15 is 0 Å². The molecule has 5 nitrogen and oxygen atoms in total. The summed E-state index contributed by atoms with van der Waals surface area (Å²) in [6.07, 6.45) is 0. The van der Waals surface area contributed by atoms with Gasteiger partial charge in [-0.2, -0.15) is 0 Å². The van der Waals surface area contributed by atoms with Crippen LogP contribution in [0.4, 0.5) is 0 Å². The standard InChI is InChI=1S/C20H12N2O3/c21-19(24)17-14-9-3-1-8(2-4-9)13(14)16-11-6-5-10(7-12(11)23)15(17)18(16)20(22)25/h1-7,23H,(H2,21,24)(H2,22,25). The Morgan fingerprint density at radius 3 is 1.92 bits per heavy atom. The number of carbonyl (C=O) groups is 2. The Morgan fingerprint density at radius 2 is 1.36 bits per heavy atom. The van der Waals surface area contributed by atoms with Crippen LogP contribution >= 0.6 is 0 Å². The number of benzene rings is 5. The van der Waals surface area contributed by atoms with Gasteiger partial charge in [0.1, 0.15) is 5.75 Å². The third-order valence-corrected chi connectivity index (χ3v) is 5.01. The number of amides is 2. The summed E-state index contributed by atoms with van der Waals surface area (Å²) in [5.74, 6) is -1.25. The fraction of sp³-hybridized carbons (Fsp3) is 0. The normalized spacial score (nSPS) is 12.0. The van der Waals surface area contributed by atoms with Crippen molar-refractivity contribution in [3.63, 3.8) is 0 Å². The van der Waals surface area contributed by atoms with Gasteiger partial charge in [-0.25, -0.2) is 0 Å². The third-order valence-electron chi connectivity index (χ3n) is 5.01. The van der Waals surface area contributed by atoms with Gasteiger partial charge < -0.3 is 16.6 Å². The molecular weight excluding hydrogens is 316 g/mol. The number of carbonyl (C=O) groups excluding carboxylic acids is 2. The minimum atomic E-state index is -0.655. The second-order valence-corrected chi connectivity index (χ2v) is 6.29. The molecule has 0 aromatic heterocycles. The number of aromatic hydroxyl groups is 1. The van der Waals surface area contributed by atoms with Crippen LogP contribution in [-0.2, 0) is 0 Å². The van der Waals surface area contributed by atoms with Crippen molar-refractivity contribution >= 4 is 33.4 Å². The van der Waals surface area contributed by atoms with Gasteiger partial charge in [-0.15, -0.1) is 0 Å². The van der Waals surface area contributed by atoms with Gasteiger partial charge in [0.25, 0.3) is 0 Å². The number of fused-ring (bicyclic) bond motifs is 4. The predicted molar refractivity (Wildman–Crippen MR) is 95.8 cm³/mol. The molecule has 2 amide bonds. The fourth-order valence-electron chi connectivity index (χ4n) is 4.08. The highest BCUT2D eigenvalue weighted by atomic mass is 16.3. The molecule has 0 unspecified atom stereocenters. The first kappa shape index (κ1) is 13.8. The average molecular weight is 328 g/mol. The van der Waals surface area contributed by atoms with E-state index < -0.39 is 11.8 Å². The van der Waals surface area contributed by atoms with Gasteiger partial charge >= 0.3 is 0 Å². The average Bonchev–Trinajstić information content (AvgIpc) is 2.76. The molecule has 2 aliphatic carbocycles. The van der Waals surface area contributed by atoms with Gasteiger partial charge in [-0.05, 0) is 33.9 Å². The van der Waals surface area contributed by atoms with Crippen LogP contribution in [0.3, 0.4) is 0 Å². The number of phenols is 1. The van der Waals surface area contributed by atoms with E-state index in [0.29, 0.717) is 33.0 Å². The Balaban J connectivity index is 2.23. The van der Waals surface area contributed by atoms with Gasteiger partial charge in [0.2, 0.25) is 11.8 Å². The van der Waals surface area contributed by atoms with E-state index in [0.717, 1.165) is 10.8 Å². The van der Waals surface area contributed by atoms with Crippen molar-refractivity contribution in [2.24, 2.45) is 11.5 Å². The van der Waals surface area contributed by atoms with Crippen LogP contribution in [0.2, 0.25) is 0 Å². The molecule has 7 rings (SSSR count). The van der Waals surface area contributed by atoms with E-state index in [2.05, 4.69) is 0 Å². The monoisotopic (exact) mass is 328 g/mol. The van der Waals surface area contributed by atoms with Gasteiger partial charge in [0.05, 0.1) is 11.1 Å². The molecule has 5 heteroatoms. The zero-order valence-electron chi connectivity index (χ0n) is 13.0. The van der Waals surface area contributed by atoms with Crippen molar-refractivity contribution in [3.8, 4) is 28.0 Å². The van der Waals surface area contributed by atoms with Crippen LogP contribution < -0.4 is 11.5 Å².